The summed E-state index contributed by atoms with van der Waals surface area (Å²) < 4.78 is 42.2. The van der Waals surface area contributed by atoms with Crippen LogP contribution < -0.4 is 9.54 Å². The third-order valence-electron chi connectivity index (χ3n) is 6.66. The predicted molar refractivity (Wildman–Crippen MR) is 152 cm³/mol. The van der Waals surface area contributed by atoms with E-state index in [4.69, 9.17) is 9.47 Å². The van der Waals surface area contributed by atoms with E-state index in [-0.39, 0.29) is 4.90 Å². The molecular weight excluding hydrogens is 534 g/mol. The van der Waals surface area contributed by atoms with Crippen molar-refractivity contribution in [1.29, 1.82) is 0 Å². The molecule has 0 N–H and O–H groups in total. The second kappa shape index (κ2) is 11.8. The minimum absolute atomic E-state index is 0.163. The Morgan fingerprint density at radius 1 is 1.00 bits per heavy atom. The number of nitrogens with zero attached hydrogens (tertiary/aromatic N) is 3. The second-order valence-corrected chi connectivity index (χ2v) is 12.0. The van der Waals surface area contributed by atoms with Gasteiger partial charge in [-0.2, -0.15) is 9.30 Å². The molecule has 0 saturated heterocycles. The van der Waals surface area contributed by atoms with E-state index in [2.05, 4.69) is 4.99 Å². The molecule has 4 aromatic rings. The number of amides is 1. The fourth-order valence-electron chi connectivity index (χ4n) is 4.66. The minimum Gasteiger partial charge on any atom is -0.494 e. The van der Waals surface area contributed by atoms with E-state index in [1.807, 2.05) is 60.9 Å². The van der Waals surface area contributed by atoms with Gasteiger partial charge in [0.05, 0.1) is 28.3 Å². The van der Waals surface area contributed by atoms with Crippen LogP contribution in [0.4, 0.5) is 0 Å². The first-order valence-electron chi connectivity index (χ1n) is 13.0. The minimum atomic E-state index is -3.69. The van der Waals surface area contributed by atoms with Gasteiger partial charge in [0.1, 0.15) is 5.75 Å². The Hall–Kier alpha value is -3.31. The summed E-state index contributed by atoms with van der Waals surface area (Å²) in [4.78, 5) is 18.3. The van der Waals surface area contributed by atoms with E-state index in [0.29, 0.717) is 56.2 Å². The lowest BCUT2D eigenvalue weighted by atomic mass is 10.0. The van der Waals surface area contributed by atoms with Gasteiger partial charge in [0.2, 0.25) is 10.0 Å². The SMILES string of the molecule is CCOCCn1c(=NC(=O)c2ccc(S(=O)(=O)N3CCc4ccccc4C3)cc2)sc2cc(OCC)ccc21. The van der Waals surface area contributed by atoms with Crippen molar-refractivity contribution in [2.24, 2.45) is 4.99 Å². The number of ether oxygens (including phenoxy) is 2. The standard InChI is InChI=1S/C29H31N3O5S2/c1-3-36-18-17-32-26-14-11-24(37-4-2)19-27(26)38-29(32)30-28(33)22-9-12-25(13-10-22)39(34,35)31-16-15-21-7-5-6-8-23(21)20-31/h5-14,19H,3-4,15-18,20H2,1-2H3. The molecule has 1 amide bonds. The molecule has 0 unspecified atom stereocenters. The van der Waals surface area contributed by atoms with Crippen LogP contribution >= 0.6 is 11.3 Å². The maximum atomic E-state index is 13.3. The average molecular weight is 566 g/mol. The number of hydrogen-bond donors (Lipinski definition) is 0. The van der Waals surface area contributed by atoms with Crippen LogP contribution in [0.3, 0.4) is 0 Å². The third kappa shape index (κ3) is 5.84. The van der Waals surface area contributed by atoms with Gasteiger partial charge in [0.15, 0.2) is 4.80 Å². The molecule has 0 saturated carbocycles. The van der Waals surface area contributed by atoms with Crippen molar-refractivity contribution < 1.29 is 22.7 Å². The topological polar surface area (TPSA) is 90.2 Å². The van der Waals surface area contributed by atoms with E-state index in [1.54, 1.807) is 0 Å². The Morgan fingerprint density at radius 3 is 2.51 bits per heavy atom. The first-order valence-corrected chi connectivity index (χ1v) is 15.3. The molecule has 0 atom stereocenters. The van der Waals surface area contributed by atoms with Crippen molar-refractivity contribution in [3.8, 4) is 5.75 Å². The van der Waals surface area contributed by atoms with Crippen LogP contribution in [-0.4, -0.2) is 49.6 Å². The molecule has 0 fully saturated rings. The highest BCUT2D eigenvalue weighted by Gasteiger charge is 2.28. The molecule has 0 aliphatic carbocycles. The quantitative estimate of drug-likeness (QED) is 0.276. The fourth-order valence-corrected chi connectivity index (χ4v) is 7.16. The van der Waals surface area contributed by atoms with Gasteiger partial charge in [-0.15, -0.1) is 0 Å². The van der Waals surface area contributed by atoms with Gasteiger partial charge in [-0.25, -0.2) is 8.42 Å². The molecule has 0 radical (unpaired) electrons. The second-order valence-electron chi connectivity index (χ2n) is 9.09. The first-order chi connectivity index (χ1) is 18.9. The van der Waals surface area contributed by atoms with Gasteiger partial charge in [-0.3, -0.25) is 4.79 Å². The lowest BCUT2D eigenvalue weighted by Gasteiger charge is -2.28. The Kier molecular flexibility index (Phi) is 8.27. The number of fused-ring (bicyclic) bond motifs is 2. The van der Waals surface area contributed by atoms with Crippen LogP contribution in [0.2, 0.25) is 0 Å². The van der Waals surface area contributed by atoms with Crippen molar-refractivity contribution >= 4 is 37.5 Å². The average Bonchev–Trinajstić information content (AvgIpc) is 3.29. The largest absolute Gasteiger partial charge is 0.494 e. The van der Waals surface area contributed by atoms with Crippen molar-refractivity contribution in [1.82, 2.24) is 8.87 Å². The predicted octanol–water partition coefficient (Wildman–Crippen LogP) is 4.63. The monoisotopic (exact) mass is 565 g/mol. The van der Waals surface area contributed by atoms with Gasteiger partial charge in [-0.05, 0) is 73.9 Å². The molecule has 10 heteroatoms. The van der Waals surface area contributed by atoms with E-state index >= 15 is 0 Å². The number of sulfonamides is 1. The maximum absolute atomic E-state index is 13.3. The molecule has 3 aromatic carbocycles. The fraction of sp³-hybridized carbons (Fsp3) is 0.310. The third-order valence-corrected chi connectivity index (χ3v) is 9.56. The Balaban J connectivity index is 1.41. The molecule has 0 bridgehead atoms. The highest BCUT2D eigenvalue weighted by molar-refractivity contribution is 7.89. The first kappa shape index (κ1) is 27.3. The van der Waals surface area contributed by atoms with E-state index in [9.17, 15) is 13.2 Å². The number of benzene rings is 3. The summed E-state index contributed by atoms with van der Waals surface area (Å²) >= 11 is 1.40. The molecular formula is C29H31N3O5S2. The zero-order valence-electron chi connectivity index (χ0n) is 22.0. The number of rotatable bonds is 9. The molecule has 204 valence electrons. The summed E-state index contributed by atoms with van der Waals surface area (Å²) in [5, 5.41) is 0. The van der Waals surface area contributed by atoms with Crippen LogP contribution in [0.1, 0.15) is 35.3 Å². The molecule has 39 heavy (non-hydrogen) atoms. The molecule has 1 aromatic heterocycles. The van der Waals surface area contributed by atoms with Crippen molar-refractivity contribution in [3.05, 3.63) is 88.2 Å². The molecule has 2 heterocycles. The number of thiazole rings is 1. The number of aromatic nitrogens is 1. The number of carbonyl (C=O) groups is 1. The van der Waals surface area contributed by atoms with E-state index < -0.39 is 15.9 Å². The Morgan fingerprint density at radius 2 is 1.77 bits per heavy atom. The highest BCUT2D eigenvalue weighted by Crippen LogP contribution is 2.26. The van der Waals surface area contributed by atoms with Crippen molar-refractivity contribution in [3.63, 3.8) is 0 Å². The summed E-state index contributed by atoms with van der Waals surface area (Å²) in [7, 11) is -3.69. The maximum Gasteiger partial charge on any atom is 0.279 e. The van der Waals surface area contributed by atoms with Crippen molar-refractivity contribution in [2.45, 2.75) is 38.3 Å². The van der Waals surface area contributed by atoms with Gasteiger partial charge in [0.25, 0.3) is 5.91 Å². The van der Waals surface area contributed by atoms with E-state index in [0.717, 1.165) is 21.5 Å². The summed E-state index contributed by atoms with van der Waals surface area (Å²) in [6, 6.07) is 19.8. The number of carbonyl (C=O) groups excluding carboxylic acids is 1. The van der Waals surface area contributed by atoms with Gasteiger partial charge in [-0.1, -0.05) is 35.6 Å². The number of hydrogen-bond acceptors (Lipinski definition) is 6. The Labute approximate surface area is 232 Å². The van der Waals surface area contributed by atoms with Gasteiger partial charge in [0, 0.05) is 31.8 Å². The van der Waals surface area contributed by atoms with Crippen LogP contribution in [0.5, 0.6) is 5.75 Å². The lowest BCUT2D eigenvalue weighted by Crippen LogP contribution is -2.35. The lowest BCUT2D eigenvalue weighted by molar-refractivity contribution is 0.0996. The van der Waals surface area contributed by atoms with Crippen LogP contribution in [-0.2, 0) is 34.3 Å². The van der Waals surface area contributed by atoms with Crippen LogP contribution in [0.15, 0.2) is 76.6 Å². The van der Waals surface area contributed by atoms with Gasteiger partial charge < -0.3 is 14.0 Å². The van der Waals surface area contributed by atoms with Gasteiger partial charge >= 0.3 is 0 Å². The highest BCUT2D eigenvalue weighted by atomic mass is 32.2. The van der Waals surface area contributed by atoms with Crippen LogP contribution in [0, 0.1) is 0 Å². The normalized spacial score (nSPS) is 14.5. The summed E-state index contributed by atoms with van der Waals surface area (Å²) in [5.41, 5.74) is 3.47. The zero-order chi connectivity index (χ0) is 27.4. The molecule has 1 aliphatic rings. The molecule has 8 nitrogen and oxygen atoms in total. The van der Waals surface area contributed by atoms with Crippen molar-refractivity contribution in [2.75, 3.05) is 26.4 Å². The van der Waals surface area contributed by atoms with E-state index in [1.165, 1.54) is 45.5 Å². The Bertz CT molecular complexity index is 1660. The molecule has 5 rings (SSSR count). The summed E-state index contributed by atoms with van der Waals surface area (Å²) in [6.45, 7) is 6.83. The zero-order valence-corrected chi connectivity index (χ0v) is 23.6. The molecule has 0 spiro atoms. The smallest absolute Gasteiger partial charge is 0.279 e. The summed E-state index contributed by atoms with van der Waals surface area (Å²) in [5.74, 6) is 0.322. The van der Waals surface area contributed by atoms with Crippen LogP contribution in [0.25, 0.3) is 10.2 Å². The summed E-state index contributed by atoms with van der Waals surface area (Å²) in [6.07, 6.45) is 0.676. The molecule has 1 aliphatic heterocycles.